The molecule has 6 nitrogen and oxygen atoms in total. The number of rotatable bonds is 4. The number of fused-ring (bicyclic) bond motifs is 1. The molecule has 1 atom stereocenters. The van der Waals surface area contributed by atoms with Gasteiger partial charge in [-0.1, -0.05) is 5.16 Å². The number of nitrogens with one attached hydrogen (secondary N) is 1. The average Bonchev–Trinajstić information content (AvgIpc) is 3.26. The van der Waals surface area contributed by atoms with E-state index in [1.165, 1.54) is 0 Å². The van der Waals surface area contributed by atoms with Crippen LogP contribution in [0.5, 0.6) is 5.88 Å². The van der Waals surface area contributed by atoms with Crippen LogP contribution in [0.3, 0.4) is 0 Å². The maximum absolute atomic E-state index is 12.7. The summed E-state index contributed by atoms with van der Waals surface area (Å²) in [5.74, 6) is 2.60. The molecule has 0 bridgehead atoms. The maximum Gasteiger partial charge on any atom is 0.263 e. The van der Waals surface area contributed by atoms with Gasteiger partial charge in [-0.3, -0.25) is 10.1 Å². The molecule has 2 aromatic heterocycles. The highest BCUT2D eigenvalue weighted by Gasteiger charge is 2.24. The van der Waals surface area contributed by atoms with Crippen LogP contribution in [-0.2, 0) is 12.8 Å². The van der Waals surface area contributed by atoms with E-state index in [1.54, 1.807) is 18.3 Å². The van der Waals surface area contributed by atoms with Gasteiger partial charge >= 0.3 is 0 Å². The van der Waals surface area contributed by atoms with Gasteiger partial charge in [-0.2, -0.15) is 11.8 Å². The second-order valence-corrected chi connectivity index (χ2v) is 7.21. The number of hydrogen-bond acceptors (Lipinski definition) is 6. The third-order valence-corrected chi connectivity index (χ3v) is 5.50. The Hall–Kier alpha value is -2.02. The average molecular weight is 345 g/mol. The van der Waals surface area contributed by atoms with Crippen LogP contribution in [0.4, 0.5) is 5.88 Å². The van der Waals surface area contributed by atoms with Crippen molar-refractivity contribution in [2.75, 3.05) is 16.8 Å². The van der Waals surface area contributed by atoms with Crippen LogP contribution in [0.25, 0.3) is 0 Å². The van der Waals surface area contributed by atoms with Crippen LogP contribution in [0.2, 0.25) is 0 Å². The summed E-state index contributed by atoms with van der Waals surface area (Å²) in [7, 11) is 0. The molecule has 1 saturated heterocycles. The SMILES string of the molecule is O=C(Nc1onc2c1CCCC2)c1cccnc1O[C@@H]1CCSC1. The van der Waals surface area contributed by atoms with E-state index >= 15 is 0 Å². The number of pyridine rings is 1. The van der Waals surface area contributed by atoms with Crippen molar-refractivity contribution in [1.29, 1.82) is 0 Å². The lowest BCUT2D eigenvalue weighted by Crippen LogP contribution is -2.20. The topological polar surface area (TPSA) is 77.3 Å². The lowest BCUT2D eigenvalue weighted by molar-refractivity contribution is 0.101. The summed E-state index contributed by atoms with van der Waals surface area (Å²) in [6.45, 7) is 0. The summed E-state index contributed by atoms with van der Waals surface area (Å²) >= 11 is 1.86. The second-order valence-electron chi connectivity index (χ2n) is 6.06. The first-order valence-electron chi connectivity index (χ1n) is 8.29. The van der Waals surface area contributed by atoms with Crippen molar-refractivity contribution in [3.8, 4) is 5.88 Å². The molecule has 1 fully saturated rings. The van der Waals surface area contributed by atoms with Crippen molar-refractivity contribution in [3.63, 3.8) is 0 Å². The highest BCUT2D eigenvalue weighted by Crippen LogP contribution is 2.29. The fourth-order valence-corrected chi connectivity index (χ4v) is 4.17. The van der Waals surface area contributed by atoms with Crippen LogP contribution in [0, 0.1) is 0 Å². The zero-order valence-corrected chi connectivity index (χ0v) is 14.1. The first-order chi connectivity index (χ1) is 11.8. The largest absolute Gasteiger partial charge is 0.473 e. The van der Waals surface area contributed by atoms with Crippen molar-refractivity contribution in [1.82, 2.24) is 10.1 Å². The molecule has 1 aliphatic heterocycles. The van der Waals surface area contributed by atoms with Gasteiger partial charge in [-0.15, -0.1) is 0 Å². The Morgan fingerprint density at radius 1 is 1.38 bits per heavy atom. The fourth-order valence-electron chi connectivity index (χ4n) is 3.08. The normalized spacial score (nSPS) is 19.8. The summed E-state index contributed by atoms with van der Waals surface area (Å²) in [6.07, 6.45) is 6.77. The van der Waals surface area contributed by atoms with Crippen molar-refractivity contribution in [3.05, 3.63) is 35.2 Å². The molecule has 2 aromatic rings. The van der Waals surface area contributed by atoms with Crippen LogP contribution >= 0.6 is 11.8 Å². The maximum atomic E-state index is 12.7. The predicted molar refractivity (Wildman–Crippen MR) is 91.7 cm³/mol. The van der Waals surface area contributed by atoms with Gasteiger partial charge in [0.05, 0.1) is 5.69 Å². The minimum atomic E-state index is -0.270. The molecule has 3 heterocycles. The molecule has 0 unspecified atom stereocenters. The lowest BCUT2D eigenvalue weighted by Gasteiger charge is -2.14. The van der Waals surface area contributed by atoms with E-state index in [9.17, 15) is 4.79 Å². The third kappa shape index (κ3) is 3.13. The first-order valence-corrected chi connectivity index (χ1v) is 9.45. The van der Waals surface area contributed by atoms with Crippen LogP contribution in [0.15, 0.2) is 22.9 Å². The van der Waals surface area contributed by atoms with E-state index in [-0.39, 0.29) is 12.0 Å². The summed E-state index contributed by atoms with van der Waals surface area (Å²) < 4.78 is 11.3. The van der Waals surface area contributed by atoms with Gasteiger partial charge < -0.3 is 9.26 Å². The Labute approximate surface area is 144 Å². The molecule has 1 amide bonds. The van der Waals surface area contributed by atoms with E-state index in [0.717, 1.165) is 54.9 Å². The zero-order valence-electron chi connectivity index (χ0n) is 13.3. The quantitative estimate of drug-likeness (QED) is 0.917. The smallest absolute Gasteiger partial charge is 0.263 e. The Balaban J connectivity index is 1.53. The standard InChI is InChI=1S/C17H19N3O3S/c21-15(19-17-12-4-1-2-6-14(12)20-23-17)13-5-3-8-18-16(13)22-11-7-9-24-10-11/h3,5,8,11H,1-2,4,6-7,9-10H2,(H,19,21)/t11-/m1/s1. The molecule has 0 aromatic carbocycles. The molecule has 0 spiro atoms. The Bertz CT molecular complexity index is 740. The summed E-state index contributed by atoms with van der Waals surface area (Å²) in [4.78, 5) is 16.9. The van der Waals surface area contributed by atoms with Crippen molar-refractivity contribution in [2.24, 2.45) is 0 Å². The molecule has 0 radical (unpaired) electrons. The number of carbonyl (C=O) groups is 1. The first kappa shape index (κ1) is 15.5. The number of anilines is 1. The lowest BCUT2D eigenvalue weighted by atomic mass is 9.98. The van der Waals surface area contributed by atoms with Gasteiger partial charge in [0.2, 0.25) is 11.8 Å². The van der Waals surface area contributed by atoms with E-state index in [4.69, 9.17) is 9.26 Å². The predicted octanol–water partition coefficient (Wildman–Crippen LogP) is 3.09. The molecule has 0 saturated carbocycles. The molecule has 1 N–H and O–H groups in total. The number of aromatic nitrogens is 2. The summed E-state index contributed by atoms with van der Waals surface area (Å²) in [5.41, 5.74) is 2.41. The number of carbonyl (C=O) groups excluding carboxylic acids is 1. The minimum absolute atomic E-state index is 0.120. The Kier molecular flexibility index (Phi) is 4.42. The Morgan fingerprint density at radius 3 is 3.17 bits per heavy atom. The molecule has 2 aliphatic rings. The number of hydrogen-bond donors (Lipinski definition) is 1. The highest BCUT2D eigenvalue weighted by atomic mass is 32.2. The molecule has 24 heavy (non-hydrogen) atoms. The monoisotopic (exact) mass is 345 g/mol. The van der Waals surface area contributed by atoms with E-state index in [1.807, 2.05) is 11.8 Å². The minimum Gasteiger partial charge on any atom is -0.473 e. The van der Waals surface area contributed by atoms with E-state index < -0.39 is 0 Å². The molecular weight excluding hydrogens is 326 g/mol. The van der Waals surface area contributed by atoms with Crippen molar-refractivity contribution in [2.45, 2.75) is 38.2 Å². The molecule has 7 heteroatoms. The van der Waals surface area contributed by atoms with Crippen LogP contribution in [0.1, 0.15) is 40.9 Å². The van der Waals surface area contributed by atoms with Crippen molar-refractivity contribution >= 4 is 23.6 Å². The van der Waals surface area contributed by atoms with Gasteiger partial charge in [0.25, 0.3) is 5.91 Å². The molecule has 1 aliphatic carbocycles. The van der Waals surface area contributed by atoms with Gasteiger partial charge in [0.15, 0.2) is 0 Å². The fraction of sp³-hybridized carbons (Fsp3) is 0.471. The van der Waals surface area contributed by atoms with E-state index in [0.29, 0.717) is 17.3 Å². The van der Waals surface area contributed by atoms with Gasteiger partial charge in [-0.25, -0.2) is 4.98 Å². The summed E-state index contributed by atoms with van der Waals surface area (Å²) in [6, 6.07) is 3.46. The number of thioether (sulfide) groups is 1. The molecular formula is C17H19N3O3S. The number of amides is 1. The van der Waals surface area contributed by atoms with Crippen LogP contribution < -0.4 is 10.1 Å². The Morgan fingerprint density at radius 2 is 2.29 bits per heavy atom. The van der Waals surface area contributed by atoms with Crippen LogP contribution in [-0.4, -0.2) is 33.7 Å². The molecule has 4 rings (SSSR count). The number of aryl methyl sites for hydroxylation is 1. The number of nitrogens with zero attached hydrogens (tertiary/aromatic N) is 2. The second kappa shape index (κ2) is 6.84. The highest BCUT2D eigenvalue weighted by molar-refractivity contribution is 7.99. The third-order valence-electron chi connectivity index (χ3n) is 4.37. The van der Waals surface area contributed by atoms with Crippen molar-refractivity contribution < 1.29 is 14.1 Å². The van der Waals surface area contributed by atoms with E-state index in [2.05, 4.69) is 15.5 Å². The van der Waals surface area contributed by atoms with Gasteiger partial charge in [0.1, 0.15) is 11.7 Å². The van der Waals surface area contributed by atoms with Gasteiger partial charge in [-0.05, 0) is 50.0 Å². The van der Waals surface area contributed by atoms with Gasteiger partial charge in [0, 0.05) is 17.5 Å². The summed E-state index contributed by atoms with van der Waals surface area (Å²) in [5, 5.41) is 6.91. The number of ether oxygens (including phenoxy) is 1. The zero-order chi connectivity index (χ0) is 16.4. The molecule has 126 valence electrons.